The number of imide groups is 1. The van der Waals surface area contributed by atoms with Crippen LogP contribution in [-0.2, 0) is 0 Å². The number of hydrogen-bond donors (Lipinski definition) is 1. The van der Waals surface area contributed by atoms with Crippen molar-refractivity contribution in [3.05, 3.63) is 34.3 Å². The summed E-state index contributed by atoms with van der Waals surface area (Å²) in [6, 6.07) is 4.81. The Morgan fingerprint density at radius 3 is 2.57 bits per heavy atom. The van der Waals surface area contributed by atoms with Gasteiger partial charge in [-0.2, -0.15) is 0 Å². The van der Waals surface area contributed by atoms with Crippen molar-refractivity contribution in [2.24, 2.45) is 0 Å². The molecule has 72 valence electrons. The van der Waals surface area contributed by atoms with E-state index in [4.69, 9.17) is 11.6 Å². The van der Waals surface area contributed by atoms with Crippen molar-refractivity contribution in [2.45, 2.75) is 0 Å². The number of hydrazine groups is 1. The Hall–Kier alpha value is -1.39. The molecule has 0 unspecified atom stereocenters. The average Bonchev–Trinajstić information content (AvgIpc) is 2.41. The number of nitrogens with zero attached hydrogens (tertiary/aromatic N) is 1. The quantitative estimate of drug-likeness (QED) is 0.706. The van der Waals surface area contributed by atoms with Crippen molar-refractivity contribution in [3.8, 4) is 0 Å². The smallest absolute Gasteiger partial charge is 0.267 e. The summed E-state index contributed by atoms with van der Waals surface area (Å²) >= 11 is 5.82. The molecule has 1 aromatic rings. The highest BCUT2D eigenvalue weighted by Crippen LogP contribution is 2.27. The third kappa shape index (κ3) is 1.05. The minimum atomic E-state index is -0.405. The molecule has 0 fully saturated rings. The molecule has 0 bridgehead atoms. The first kappa shape index (κ1) is 9.18. The lowest BCUT2D eigenvalue weighted by molar-refractivity contribution is 0.0586. The van der Waals surface area contributed by atoms with Gasteiger partial charge in [-0.1, -0.05) is 17.7 Å². The Morgan fingerprint density at radius 1 is 1.29 bits per heavy atom. The minimum Gasteiger partial charge on any atom is -0.267 e. The summed E-state index contributed by atoms with van der Waals surface area (Å²) in [5.74, 6) is -0.770. The van der Waals surface area contributed by atoms with E-state index >= 15 is 0 Å². The van der Waals surface area contributed by atoms with Crippen molar-refractivity contribution in [1.82, 2.24) is 10.4 Å². The van der Waals surface area contributed by atoms with Crippen LogP contribution in [0, 0.1) is 0 Å². The number of carbonyl (C=O) groups is 2. The van der Waals surface area contributed by atoms with Gasteiger partial charge >= 0.3 is 0 Å². The third-order valence-corrected chi connectivity index (χ3v) is 2.40. The van der Waals surface area contributed by atoms with Crippen LogP contribution < -0.4 is 5.43 Å². The van der Waals surface area contributed by atoms with Crippen molar-refractivity contribution in [3.63, 3.8) is 0 Å². The van der Waals surface area contributed by atoms with E-state index in [9.17, 15) is 9.59 Å². The van der Waals surface area contributed by atoms with Gasteiger partial charge in [-0.15, -0.1) is 0 Å². The highest BCUT2D eigenvalue weighted by Gasteiger charge is 2.36. The number of carbonyl (C=O) groups excluding carboxylic acids is 2. The zero-order valence-electron chi connectivity index (χ0n) is 7.37. The van der Waals surface area contributed by atoms with Crippen LogP contribution in [0.1, 0.15) is 20.7 Å². The molecule has 1 N–H and O–H groups in total. The Labute approximate surface area is 85.4 Å². The Balaban J connectivity index is 2.64. The van der Waals surface area contributed by atoms with Crippen LogP contribution in [0.2, 0.25) is 5.02 Å². The fourth-order valence-corrected chi connectivity index (χ4v) is 1.70. The molecule has 0 saturated heterocycles. The fourth-order valence-electron chi connectivity index (χ4n) is 1.45. The molecule has 1 aromatic carbocycles. The Kier molecular flexibility index (Phi) is 2.02. The average molecular weight is 211 g/mol. The predicted octanol–water partition coefficient (Wildman–Crippen LogP) is 1.07. The number of benzene rings is 1. The molecule has 2 rings (SSSR count). The topological polar surface area (TPSA) is 49.4 Å². The van der Waals surface area contributed by atoms with E-state index < -0.39 is 5.91 Å². The summed E-state index contributed by atoms with van der Waals surface area (Å²) in [5, 5.41) is 1.25. The molecule has 0 saturated carbocycles. The molecule has 14 heavy (non-hydrogen) atoms. The van der Waals surface area contributed by atoms with Gasteiger partial charge in [0, 0.05) is 7.05 Å². The number of hydrogen-bond acceptors (Lipinski definition) is 3. The largest absolute Gasteiger partial charge is 0.277 e. The van der Waals surface area contributed by atoms with Gasteiger partial charge in [0.2, 0.25) is 0 Å². The van der Waals surface area contributed by atoms with Gasteiger partial charge in [-0.05, 0) is 12.1 Å². The lowest BCUT2D eigenvalue weighted by atomic mass is 10.1. The number of rotatable bonds is 1. The highest BCUT2D eigenvalue weighted by atomic mass is 35.5. The van der Waals surface area contributed by atoms with E-state index in [1.54, 1.807) is 18.2 Å². The van der Waals surface area contributed by atoms with Gasteiger partial charge in [0.1, 0.15) is 0 Å². The standard InChI is InChI=1S/C9H7ClN2O2/c1-11-12-8(13)5-3-2-4-6(10)7(5)9(12)14/h2-4,11H,1H3. The van der Waals surface area contributed by atoms with E-state index in [0.717, 1.165) is 5.01 Å². The fraction of sp³-hybridized carbons (Fsp3) is 0.111. The summed E-state index contributed by atoms with van der Waals surface area (Å²) in [7, 11) is 1.51. The lowest BCUT2D eigenvalue weighted by Crippen LogP contribution is -2.39. The summed E-state index contributed by atoms with van der Waals surface area (Å²) < 4.78 is 0. The monoisotopic (exact) mass is 210 g/mol. The molecule has 0 aliphatic carbocycles. The zero-order valence-corrected chi connectivity index (χ0v) is 8.13. The number of fused-ring (bicyclic) bond motifs is 1. The normalized spacial score (nSPS) is 14.9. The predicted molar refractivity (Wildman–Crippen MR) is 51.0 cm³/mol. The van der Waals surface area contributed by atoms with Crippen molar-refractivity contribution in [2.75, 3.05) is 7.05 Å². The minimum absolute atomic E-state index is 0.272. The van der Waals surface area contributed by atoms with Crippen molar-refractivity contribution >= 4 is 23.4 Å². The maximum atomic E-state index is 11.6. The SMILES string of the molecule is CNN1C(=O)c2cccc(Cl)c2C1=O. The van der Waals surface area contributed by atoms with Gasteiger partial charge < -0.3 is 0 Å². The first-order valence-electron chi connectivity index (χ1n) is 4.01. The van der Waals surface area contributed by atoms with Crippen LogP contribution in [0.5, 0.6) is 0 Å². The summed E-state index contributed by atoms with van der Waals surface area (Å²) in [6.07, 6.45) is 0. The summed E-state index contributed by atoms with van der Waals surface area (Å²) in [5.41, 5.74) is 3.13. The third-order valence-electron chi connectivity index (χ3n) is 2.09. The zero-order chi connectivity index (χ0) is 10.3. The van der Waals surface area contributed by atoms with Crippen LogP contribution in [0.4, 0.5) is 0 Å². The first-order chi connectivity index (χ1) is 6.66. The molecular weight excluding hydrogens is 204 g/mol. The van der Waals surface area contributed by atoms with Crippen LogP contribution in [-0.4, -0.2) is 23.9 Å². The van der Waals surface area contributed by atoms with Gasteiger partial charge in [0.25, 0.3) is 11.8 Å². The molecule has 4 nitrogen and oxygen atoms in total. The Morgan fingerprint density at radius 2 is 2.00 bits per heavy atom. The van der Waals surface area contributed by atoms with E-state index in [2.05, 4.69) is 5.43 Å². The molecule has 5 heteroatoms. The molecular formula is C9H7ClN2O2. The Bertz CT molecular complexity index is 431. The maximum absolute atomic E-state index is 11.6. The molecule has 0 aromatic heterocycles. The molecule has 0 atom stereocenters. The number of halogens is 1. The maximum Gasteiger partial charge on any atom is 0.277 e. The molecule has 1 aliphatic rings. The van der Waals surface area contributed by atoms with Crippen LogP contribution in [0.25, 0.3) is 0 Å². The molecule has 0 radical (unpaired) electrons. The van der Waals surface area contributed by atoms with Crippen LogP contribution in [0.15, 0.2) is 18.2 Å². The summed E-state index contributed by atoms with van der Waals surface area (Å²) in [4.78, 5) is 23.2. The van der Waals surface area contributed by atoms with Crippen LogP contribution in [0.3, 0.4) is 0 Å². The second-order valence-electron chi connectivity index (χ2n) is 2.83. The van der Waals surface area contributed by atoms with Gasteiger partial charge in [0.15, 0.2) is 0 Å². The number of amides is 2. The van der Waals surface area contributed by atoms with E-state index in [-0.39, 0.29) is 11.5 Å². The lowest BCUT2D eigenvalue weighted by Gasteiger charge is -2.09. The highest BCUT2D eigenvalue weighted by molar-refractivity contribution is 6.37. The molecule has 1 heterocycles. The number of nitrogens with one attached hydrogen (secondary N) is 1. The van der Waals surface area contributed by atoms with E-state index in [1.807, 2.05) is 0 Å². The molecule has 0 spiro atoms. The second kappa shape index (κ2) is 3.08. The summed E-state index contributed by atoms with van der Waals surface area (Å²) in [6.45, 7) is 0. The van der Waals surface area contributed by atoms with E-state index in [0.29, 0.717) is 10.6 Å². The molecule has 1 aliphatic heterocycles. The first-order valence-corrected chi connectivity index (χ1v) is 4.39. The second-order valence-corrected chi connectivity index (χ2v) is 3.24. The van der Waals surface area contributed by atoms with Crippen molar-refractivity contribution < 1.29 is 9.59 Å². The van der Waals surface area contributed by atoms with Crippen LogP contribution >= 0.6 is 11.6 Å². The van der Waals surface area contributed by atoms with Gasteiger partial charge in [-0.25, -0.2) is 10.4 Å². The molecule has 2 amide bonds. The van der Waals surface area contributed by atoms with Gasteiger partial charge in [0.05, 0.1) is 16.1 Å². The van der Waals surface area contributed by atoms with Gasteiger partial charge in [-0.3, -0.25) is 9.59 Å². The van der Waals surface area contributed by atoms with Crippen molar-refractivity contribution in [1.29, 1.82) is 0 Å². The van der Waals surface area contributed by atoms with E-state index in [1.165, 1.54) is 7.05 Å².